The Morgan fingerprint density at radius 1 is 1.17 bits per heavy atom. The van der Waals surface area contributed by atoms with Crippen molar-refractivity contribution in [1.29, 1.82) is 0 Å². The van der Waals surface area contributed by atoms with Gasteiger partial charge >= 0.3 is 11.8 Å². The highest BCUT2D eigenvalue weighted by Gasteiger charge is 2.21. The first-order chi connectivity index (χ1) is 11.1. The molecule has 1 saturated carbocycles. The number of nitrogens with one attached hydrogen (secondary N) is 2. The van der Waals surface area contributed by atoms with Crippen LogP contribution in [0.15, 0.2) is 29.2 Å². The summed E-state index contributed by atoms with van der Waals surface area (Å²) < 4.78 is 0. The summed E-state index contributed by atoms with van der Waals surface area (Å²) >= 11 is 1.62. The van der Waals surface area contributed by atoms with E-state index in [0.29, 0.717) is 0 Å². The van der Waals surface area contributed by atoms with Gasteiger partial charge in [-0.25, -0.2) is 0 Å². The van der Waals surface area contributed by atoms with Gasteiger partial charge in [-0.2, -0.15) is 0 Å². The van der Waals surface area contributed by atoms with E-state index in [2.05, 4.69) is 10.6 Å². The van der Waals surface area contributed by atoms with Gasteiger partial charge in [0.05, 0.1) is 6.10 Å². The molecule has 1 aliphatic rings. The van der Waals surface area contributed by atoms with E-state index in [1.165, 1.54) is 6.42 Å². The third-order valence-corrected chi connectivity index (χ3v) is 4.85. The van der Waals surface area contributed by atoms with Crippen molar-refractivity contribution in [2.45, 2.75) is 49.1 Å². The predicted molar refractivity (Wildman–Crippen MR) is 91.2 cm³/mol. The summed E-state index contributed by atoms with van der Waals surface area (Å²) in [6.45, 7) is 0.0233. The van der Waals surface area contributed by atoms with E-state index in [4.69, 9.17) is 0 Å². The Balaban J connectivity index is 1.76. The summed E-state index contributed by atoms with van der Waals surface area (Å²) in [6, 6.07) is 7.59. The van der Waals surface area contributed by atoms with Crippen LogP contribution in [0.3, 0.4) is 0 Å². The van der Waals surface area contributed by atoms with Crippen molar-refractivity contribution < 1.29 is 14.7 Å². The molecule has 6 heteroatoms. The van der Waals surface area contributed by atoms with E-state index < -0.39 is 17.9 Å². The number of benzene rings is 1. The fraction of sp³-hybridized carbons (Fsp3) is 0.529. The van der Waals surface area contributed by atoms with Gasteiger partial charge < -0.3 is 15.7 Å². The Bertz CT molecular complexity index is 527. The molecule has 3 N–H and O–H groups in total. The Morgan fingerprint density at radius 2 is 1.83 bits per heavy atom. The summed E-state index contributed by atoms with van der Waals surface area (Å²) in [4.78, 5) is 24.8. The van der Waals surface area contributed by atoms with Crippen molar-refractivity contribution in [2.75, 3.05) is 12.8 Å². The summed E-state index contributed by atoms with van der Waals surface area (Å²) in [6.07, 6.45) is 6.41. The van der Waals surface area contributed by atoms with E-state index in [1.54, 1.807) is 11.8 Å². The molecule has 0 bridgehead atoms. The lowest BCUT2D eigenvalue weighted by Crippen LogP contribution is -2.46. The molecule has 0 aliphatic heterocycles. The molecule has 0 heterocycles. The van der Waals surface area contributed by atoms with Crippen molar-refractivity contribution >= 4 is 23.6 Å². The van der Waals surface area contributed by atoms with Crippen LogP contribution in [0, 0.1) is 0 Å². The van der Waals surface area contributed by atoms with Gasteiger partial charge in [0, 0.05) is 17.5 Å². The summed E-state index contributed by atoms with van der Waals surface area (Å²) in [7, 11) is 0. The fourth-order valence-electron chi connectivity index (χ4n) is 2.71. The van der Waals surface area contributed by atoms with Gasteiger partial charge in [0.15, 0.2) is 0 Å². The van der Waals surface area contributed by atoms with Crippen molar-refractivity contribution in [3.8, 4) is 0 Å². The van der Waals surface area contributed by atoms with Gasteiger partial charge in [0.1, 0.15) is 0 Å². The molecular formula is C17H24N2O3S. The van der Waals surface area contributed by atoms with E-state index >= 15 is 0 Å². The van der Waals surface area contributed by atoms with Crippen LogP contribution < -0.4 is 10.6 Å². The molecule has 1 fully saturated rings. The third kappa shape index (κ3) is 5.55. The van der Waals surface area contributed by atoms with Crippen molar-refractivity contribution in [3.63, 3.8) is 0 Å². The van der Waals surface area contributed by atoms with Crippen LogP contribution in [0.4, 0.5) is 0 Å². The first-order valence-corrected chi connectivity index (χ1v) is 9.23. The second-order valence-electron chi connectivity index (χ2n) is 5.81. The normalized spacial score (nSPS) is 16.6. The molecule has 1 atom stereocenters. The number of carbonyl (C=O) groups excluding carboxylic acids is 2. The van der Waals surface area contributed by atoms with Gasteiger partial charge in [-0.15, -0.1) is 11.8 Å². The zero-order valence-electron chi connectivity index (χ0n) is 13.4. The number of carbonyl (C=O) groups is 2. The molecule has 0 aromatic heterocycles. The van der Waals surface area contributed by atoms with Crippen molar-refractivity contribution in [2.24, 2.45) is 0 Å². The van der Waals surface area contributed by atoms with Crippen LogP contribution in [-0.4, -0.2) is 35.8 Å². The Labute approximate surface area is 141 Å². The zero-order valence-corrected chi connectivity index (χ0v) is 14.2. The topological polar surface area (TPSA) is 78.4 Å². The van der Waals surface area contributed by atoms with Crippen LogP contribution in [0.5, 0.6) is 0 Å². The molecule has 0 spiro atoms. The van der Waals surface area contributed by atoms with Gasteiger partial charge in [-0.05, 0) is 36.8 Å². The summed E-state index contributed by atoms with van der Waals surface area (Å²) in [5, 5.41) is 15.3. The minimum absolute atomic E-state index is 0.0233. The molecule has 0 radical (unpaired) electrons. The molecule has 0 saturated heterocycles. The summed E-state index contributed by atoms with van der Waals surface area (Å²) in [5.74, 6) is -1.29. The lowest BCUT2D eigenvalue weighted by molar-refractivity contribution is -0.140. The maximum Gasteiger partial charge on any atom is 0.309 e. The lowest BCUT2D eigenvalue weighted by Gasteiger charge is -2.22. The Morgan fingerprint density at radius 3 is 2.43 bits per heavy atom. The highest BCUT2D eigenvalue weighted by Crippen LogP contribution is 2.19. The first-order valence-electron chi connectivity index (χ1n) is 8.01. The van der Waals surface area contributed by atoms with E-state index in [-0.39, 0.29) is 12.6 Å². The average molecular weight is 336 g/mol. The second-order valence-corrected chi connectivity index (χ2v) is 6.69. The molecular weight excluding hydrogens is 312 g/mol. The maximum absolute atomic E-state index is 11.8. The van der Waals surface area contributed by atoms with Crippen molar-refractivity contribution in [3.05, 3.63) is 29.8 Å². The number of hydrogen-bond donors (Lipinski definition) is 3. The molecule has 1 aliphatic carbocycles. The van der Waals surface area contributed by atoms with Crippen LogP contribution in [-0.2, 0) is 9.59 Å². The highest BCUT2D eigenvalue weighted by atomic mass is 32.2. The fourth-order valence-corrected chi connectivity index (χ4v) is 3.12. The minimum Gasteiger partial charge on any atom is -0.387 e. The average Bonchev–Trinajstić information content (AvgIpc) is 2.60. The number of aliphatic hydroxyl groups excluding tert-OH is 1. The molecule has 1 aromatic rings. The quantitative estimate of drug-likeness (QED) is 0.568. The van der Waals surface area contributed by atoms with E-state index in [0.717, 1.165) is 36.1 Å². The number of thioether (sulfide) groups is 1. The minimum atomic E-state index is -0.822. The monoisotopic (exact) mass is 336 g/mol. The van der Waals surface area contributed by atoms with Gasteiger partial charge in [-0.1, -0.05) is 31.4 Å². The predicted octanol–water partition coefficient (Wildman–Crippen LogP) is 2.01. The van der Waals surface area contributed by atoms with Gasteiger partial charge in [0.25, 0.3) is 0 Å². The molecule has 2 rings (SSSR count). The summed E-state index contributed by atoms with van der Waals surface area (Å²) in [5.41, 5.74) is 0.718. The molecule has 1 aromatic carbocycles. The van der Waals surface area contributed by atoms with Crippen LogP contribution >= 0.6 is 11.8 Å². The molecule has 1 unspecified atom stereocenters. The van der Waals surface area contributed by atoms with Gasteiger partial charge in [-0.3, -0.25) is 9.59 Å². The number of hydrogen-bond acceptors (Lipinski definition) is 4. The first kappa shape index (κ1) is 17.8. The standard InChI is InChI=1S/C17H24N2O3S/c1-23-14-9-7-12(8-10-14)15(20)11-18-16(21)17(22)19-13-5-3-2-4-6-13/h7-10,13,15,20H,2-6,11H2,1H3,(H,18,21)(H,19,22). The van der Waals surface area contributed by atoms with Crippen LogP contribution in [0.2, 0.25) is 0 Å². The highest BCUT2D eigenvalue weighted by molar-refractivity contribution is 7.98. The van der Waals surface area contributed by atoms with Crippen LogP contribution in [0.25, 0.3) is 0 Å². The van der Waals surface area contributed by atoms with E-state index in [9.17, 15) is 14.7 Å². The molecule has 23 heavy (non-hydrogen) atoms. The Hall–Kier alpha value is -1.53. The lowest BCUT2D eigenvalue weighted by atomic mass is 9.95. The van der Waals surface area contributed by atoms with Crippen LogP contribution in [0.1, 0.15) is 43.8 Å². The van der Waals surface area contributed by atoms with Crippen molar-refractivity contribution in [1.82, 2.24) is 10.6 Å². The third-order valence-electron chi connectivity index (χ3n) is 4.10. The SMILES string of the molecule is CSc1ccc(C(O)CNC(=O)C(=O)NC2CCCCC2)cc1. The largest absolute Gasteiger partial charge is 0.387 e. The van der Waals surface area contributed by atoms with Gasteiger partial charge in [0.2, 0.25) is 0 Å². The molecule has 2 amide bonds. The molecule has 126 valence electrons. The smallest absolute Gasteiger partial charge is 0.309 e. The van der Waals surface area contributed by atoms with E-state index in [1.807, 2.05) is 30.5 Å². The number of aliphatic hydroxyl groups is 1. The second kappa shape index (κ2) is 8.93. The Kier molecular flexibility index (Phi) is 6.92. The number of rotatable bonds is 5. The zero-order chi connectivity index (χ0) is 16.7. The molecule has 5 nitrogen and oxygen atoms in total. The maximum atomic E-state index is 11.8. The number of amides is 2.